The van der Waals surface area contributed by atoms with E-state index in [1.807, 2.05) is 0 Å². The largest absolute Gasteiger partial charge is 0.492 e. The van der Waals surface area contributed by atoms with Crippen LogP contribution in [0.4, 0.5) is 0 Å². The molecule has 3 nitrogen and oxygen atoms in total. The van der Waals surface area contributed by atoms with Crippen molar-refractivity contribution >= 4 is 0 Å². The van der Waals surface area contributed by atoms with Gasteiger partial charge in [0.15, 0.2) is 0 Å². The van der Waals surface area contributed by atoms with Crippen LogP contribution in [0.2, 0.25) is 0 Å². The number of benzene rings is 1. The maximum atomic E-state index is 5.72. The number of hydrogen-bond acceptors (Lipinski definition) is 3. The minimum Gasteiger partial charge on any atom is -0.492 e. The summed E-state index contributed by atoms with van der Waals surface area (Å²) in [6, 6.07) is 8.41. The first-order valence-corrected chi connectivity index (χ1v) is 7.83. The van der Waals surface area contributed by atoms with Crippen molar-refractivity contribution in [3.63, 3.8) is 0 Å². The highest BCUT2D eigenvalue weighted by Gasteiger charge is 2.00. The molecule has 0 bridgehead atoms. The van der Waals surface area contributed by atoms with E-state index in [1.165, 1.54) is 5.56 Å². The van der Waals surface area contributed by atoms with Gasteiger partial charge in [-0.3, -0.25) is 0 Å². The molecule has 3 heteroatoms. The highest BCUT2D eigenvalue weighted by atomic mass is 16.5. The van der Waals surface area contributed by atoms with Crippen LogP contribution in [0.5, 0.6) is 5.75 Å². The zero-order chi connectivity index (χ0) is 14.8. The second kappa shape index (κ2) is 9.78. The number of nitrogens with zero attached hydrogens (tertiary/aromatic N) is 1. The van der Waals surface area contributed by atoms with Crippen LogP contribution >= 0.6 is 0 Å². The van der Waals surface area contributed by atoms with E-state index >= 15 is 0 Å². The molecule has 0 radical (unpaired) electrons. The molecule has 114 valence electrons. The monoisotopic (exact) mass is 278 g/mol. The fourth-order valence-corrected chi connectivity index (χ4v) is 2.09. The topological polar surface area (TPSA) is 24.5 Å². The number of nitrogens with one attached hydrogen (secondary N) is 1. The van der Waals surface area contributed by atoms with Gasteiger partial charge in [0.25, 0.3) is 0 Å². The van der Waals surface area contributed by atoms with E-state index < -0.39 is 0 Å². The average molecular weight is 278 g/mol. The molecule has 0 aliphatic heterocycles. The summed E-state index contributed by atoms with van der Waals surface area (Å²) < 4.78 is 5.72. The van der Waals surface area contributed by atoms with E-state index in [-0.39, 0.29) is 0 Å². The van der Waals surface area contributed by atoms with Crippen LogP contribution in [0.15, 0.2) is 24.3 Å². The molecular weight excluding hydrogens is 248 g/mol. The van der Waals surface area contributed by atoms with Gasteiger partial charge in [-0.2, -0.15) is 0 Å². The molecule has 1 aromatic carbocycles. The predicted octanol–water partition coefficient (Wildman–Crippen LogP) is 3.12. The highest BCUT2D eigenvalue weighted by molar-refractivity contribution is 5.28. The Balaban J connectivity index is 2.12. The summed E-state index contributed by atoms with van der Waals surface area (Å²) >= 11 is 0. The summed E-state index contributed by atoms with van der Waals surface area (Å²) in [7, 11) is 0. The lowest BCUT2D eigenvalue weighted by Gasteiger charge is -2.18. The number of likely N-dealkylation sites (N-methyl/N-ethyl adjacent to an activating group) is 1. The van der Waals surface area contributed by atoms with Crippen LogP contribution in [0.3, 0.4) is 0 Å². The maximum absolute atomic E-state index is 5.72. The predicted molar refractivity (Wildman–Crippen MR) is 86.7 cm³/mol. The standard InChI is InChI=1S/C17H30N2O/c1-5-19(6-2)13-11-18-12-14-20-17-9-7-16(8-10-17)15(3)4/h7-10,15,18H,5-6,11-14H2,1-4H3. The minimum absolute atomic E-state index is 0.575. The Morgan fingerprint density at radius 3 is 2.25 bits per heavy atom. The summed E-state index contributed by atoms with van der Waals surface area (Å²) in [5.41, 5.74) is 1.36. The Labute approximate surface area is 124 Å². The van der Waals surface area contributed by atoms with Gasteiger partial charge >= 0.3 is 0 Å². The molecule has 0 aromatic heterocycles. The van der Waals surface area contributed by atoms with Crippen molar-refractivity contribution in [1.29, 1.82) is 0 Å². The van der Waals surface area contributed by atoms with Crippen LogP contribution in [0.25, 0.3) is 0 Å². The third-order valence-electron chi connectivity index (χ3n) is 3.59. The van der Waals surface area contributed by atoms with Gasteiger partial charge < -0.3 is 15.0 Å². The molecule has 0 aliphatic rings. The van der Waals surface area contributed by atoms with Gasteiger partial charge in [0.2, 0.25) is 0 Å². The lowest BCUT2D eigenvalue weighted by Crippen LogP contribution is -2.33. The molecule has 0 aliphatic carbocycles. The van der Waals surface area contributed by atoms with Gasteiger partial charge in [-0.25, -0.2) is 0 Å². The minimum atomic E-state index is 0.575. The summed E-state index contributed by atoms with van der Waals surface area (Å²) in [5, 5.41) is 3.42. The second-order valence-electron chi connectivity index (χ2n) is 5.35. The number of ether oxygens (including phenoxy) is 1. The van der Waals surface area contributed by atoms with E-state index in [9.17, 15) is 0 Å². The van der Waals surface area contributed by atoms with Gasteiger partial charge in [0, 0.05) is 19.6 Å². The first-order valence-electron chi connectivity index (χ1n) is 7.83. The number of hydrogen-bond donors (Lipinski definition) is 1. The SMILES string of the molecule is CCN(CC)CCNCCOc1ccc(C(C)C)cc1. The third kappa shape index (κ3) is 6.40. The van der Waals surface area contributed by atoms with Crippen LogP contribution < -0.4 is 10.1 Å². The van der Waals surface area contributed by atoms with Crippen molar-refractivity contribution in [3.05, 3.63) is 29.8 Å². The van der Waals surface area contributed by atoms with Crippen molar-refractivity contribution in [2.45, 2.75) is 33.6 Å². The molecule has 0 saturated heterocycles. The molecule has 1 N–H and O–H groups in total. The molecule has 20 heavy (non-hydrogen) atoms. The van der Waals surface area contributed by atoms with Gasteiger partial charge in [0.1, 0.15) is 12.4 Å². The van der Waals surface area contributed by atoms with Crippen molar-refractivity contribution < 1.29 is 4.74 Å². The fraction of sp³-hybridized carbons (Fsp3) is 0.647. The van der Waals surface area contributed by atoms with Crippen molar-refractivity contribution in [1.82, 2.24) is 10.2 Å². The van der Waals surface area contributed by atoms with Crippen molar-refractivity contribution in [2.24, 2.45) is 0 Å². The lowest BCUT2D eigenvalue weighted by atomic mass is 10.0. The van der Waals surface area contributed by atoms with Crippen LogP contribution in [0, 0.1) is 0 Å². The van der Waals surface area contributed by atoms with Gasteiger partial charge in [-0.05, 0) is 36.7 Å². The third-order valence-corrected chi connectivity index (χ3v) is 3.59. The van der Waals surface area contributed by atoms with E-state index in [0.29, 0.717) is 5.92 Å². The molecule has 0 saturated carbocycles. The zero-order valence-electron chi connectivity index (χ0n) is 13.5. The average Bonchev–Trinajstić information content (AvgIpc) is 2.47. The molecule has 0 unspecified atom stereocenters. The van der Waals surface area contributed by atoms with Crippen molar-refractivity contribution in [2.75, 3.05) is 39.3 Å². The summed E-state index contributed by atoms with van der Waals surface area (Å²) in [4.78, 5) is 2.42. The van der Waals surface area contributed by atoms with Crippen LogP contribution in [-0.2, 0) is 0 Å². The Morgan fingerprint density at radius 1 is 1.05 bits per heavy atom. The normalized spacial score (nSPS) is 11.3. The quantitative estimate of drug-likeness (QED) is 0.666. The van der Waals surface area contributed by atoms with Gasteiger partial charge in [0.05, 0.1) is 0 Å². The fourth-order valence-electron chi connectivity index (χ4n) is 2.09. The number of rotatable bonds is 10. The molecule has 0 fully saturated rings. The Kier molecular flexibility index (Phi) is 8.31. The molecule has 0 atom stereocenters. The molecule has 1 aromatic rings. The first kappa shape index (κ1) is 17.0. The summed E-state index contributed by atoms with van der Waals surface area (Å²) in [6.45, 7) is 14.8. The van der Waals surface area contributed by atoms with E-state index in [0.717, 1.165) is 45.1 Å². The maximum Gasteiger partial charge on any atom is 0.119 e. The summed E-state index contributed by atoms with van der Waals surface area (Å²) in [6.07, 6.45) is 0. The second-order valence-corrected chi connectivity index (χ2v) is 5.35. The lowest BCUT2D eigenvalue weighted by molar-refractivity contribution is 0.285. The smallest absolute Gasteiger partial charge is 0.119 e. The molecule has 0 spiro atoms. The van der Waals surface area contributed by atoms with Crippen molar-refractivity contribution in [3.8, 4) is 5.75 Å². The van der Waals surface area contributed by atoms with Crippen LogP contribution in [0.1, 0.15) is 39.2 Å². The Bertz CT molecular complexity index is 345. The zero-order valence-corrected chi connectivity index (χ0v) is 13.5. The van der Waals surface area contributed by atoms with Gasteiger partial charge in [-0.1, -0.05) is 39.8 Å². The molecular formula is C17H30N2O. The molecule has 1 rings (SSSR count). The van der Waals surface area contributed by atoms with Crippen LogP contribution in [-0.4, -0.2) is 44.2 Å². The van der Waals surface area contributed by atoms with Gasteiger partial charge in [-0.15, -0.1) is 0 Å². The van der Waals surface area contributed by atoms with E-state index in [4.69, 9.17) is 4.74 Å². The van der Waals surface area contributed by atoms with E-state index in [1.54, 1.807) is 0 Å². The molecule has 0 amide bonds. The first-order chi connectivity index (χ1) is 9.67. The Hall–Kier alpha value is -1.06. The highest BCUT2D eigenvalue weighted by Crippen LogP contribution is 2.18. The Morgan fingerprint density at radius 2 is 1.70 bits per heavy atom. The summed E-state index contributed by atoms with van der Waals surface area (Å²) in [5.74, 6) is 1.53. The molecule has 0 heterocycles. The van der Waals surface area contributed by atoms with E-state index in [2.05, 4.69) is 62.2 Å².